The number of thiophene rings is 1. The molecule has 19 heavy (non-hydrogen) atoms. The maximum atomic E-state index is 5.94. The highest BCUT2D eigenvalue weighted by Gasteiger charge is 2.10. The molecule has 0 saturated heterocycles. The molecule has 1 atom stereocenters. The Hall–Kier alpha value is -1.33. The van der Waals surface area contributed by atoms with E-state index < -0.39 is 0 Å². The van der Waals surface area contributed by atoms with Crippen LogP contribution in [0, 0.1) is 6.92 Å². The Balaban J connectivity index is 2.14. The van der Waals surface area contributed by atoms with Crippen molar-refractivity contribution in [3.63, 3.8) is 0 Å². The van der Waals surface area contributed by atoms with Crippen LogP contribution in [0.3, 0.4) is 0 Å². The largest absolute Gasteiger partial charge is 0.478 e. The van der Waals surface area contributed by atoms with Crippen molar-refractivity contribution in [3.05, 3.63) is 33.2 Å². The van der Waals surface area contributed by atoms with Crippen molar-refractivity contribution < 1.29 is 4.74 Å². The van der Waals surface area contributed by atoms with Crippen molar-refractivity contribution >= 4 is 28.8 Å². The quantitative estimate of drug-likeness (QED) is 0.903. The lowest BCUT2D eigenvalue weighted by atomic mass is 10.3. The van der Waals surface area contributed by atoms with Crippen molar-refractivity contribution in [3.8, 4) is 5.88 Å². The number of nitrogens with one attached hydrogen (secondary N) is 1. The maximum Gasteiger partial charge on any atom is 0.218 e. The average molecular weight is 298 g/mol. The van der Waals surface area contributed by atoms with Gasteiger partial charge in [0, 0.05) is 10.9 Å². The summed E-state index contributed by atoms with van der Waals surface area (Å²) in [6.07, 6.45) is 0. The summed E-state index contributed by atoms with van der Waals surface area (Å²) in [5, 5.41) is 3.33. The summed E-state index contributed by atoms with van der Waals surface area (Å²) in [4.78, 5) is 9.74. The molecular formula is C13H16ClN3OS. The molecule has 6 heteroatoms. The van der Waals surface area contributed by atoms with Crippen LogP contribution in [0.15, 0.2) is 18.2 Å². The van der Waals surface area contributed by atoms with Crippen molar-refractivity contribution in [2.75, 3.05) is 11.9 Å². The van der Waals surface area contributed by atoms with Gasteiger partial charge in [-0.25, -0.2) is 4.98 Å². The number of aryl methyl sites for hydroxylation is 1. The first-order valence-corrected chi connectivity index (χ1v) is 7.28. The third-order valence-electron chi connectivity index (χ3n) is 2.49. The third kappa shape index (κ3) is 3.81. The minimum atomic E-state index is 0.140. The van der Waals surface area contributed by atoms with Crippen LogP contribution in [-0.4, -0.2) is 16.6 Å². The molecule has 2 rings (SSSR count). The van der Waals surface area contributed by atoms with E-state index in [1.807, 2.05) is 32.0 Å². The van der Waals surface area contributed by atoms with Crippen molar-refractivity contribution in [1.82, 2.24) is 9.97 Å². The second-order valence-electron chi connectivity index (χ2n) is 4.08. The number of anilines is 1. The zero-order chi connectivity index (χ0) is 13.8. The van der Waals surface area contributed by atoms with Gasteiger partial charge < -0.3 is 10.1 Å². The fourth-order valence-corrected chi connectivity index (χ4v) is 2.75. The highest BCUT2D eigenvalue weighted by atomic mass is 35.5. The molecule has 0 bridgehead atoms. The number of aromatic nitrogens is 2. The number of ether oxygens (including phenoxy) is 1. The predicted molar refractivity (Wildman–Crippen MR) is 79.3 cm³/mol. The molecule has 0 spiro atoms. The van der Waals surface area contributed by atoms with E-state index in [1.165, 1.54) is 4.88 Å². The van der Waals surface area contributed by atoms with Crippen molar-refractivity contribution in [2.24, 2.45) is 0 Å². The molecule has 2 aromatic rings. The molecule has 0 saturated carbocycles. The SMILES string of the molecule is CCOc1cc(NC(C)c2ccc(Cl)s2)nc(C)n1. The van der Waals surface area contributed by atoms with Gasteiger partial charge in [-0.1, -0.05) is 11.6 Å². The Kier molecular flexibility index (Phi) is 4.61. The standard InChI is InChI=1S/C13H16ClN3OS/c1-4-18-13-7-12(16-9(3)17-13)15-8(2)10-5-6-11(14)19-10/h5-8H,4H2,1-3H3,(H,15,16,17). The molecule has 0 aromatic carbocycles. The normalized spacial score (nSPS) is 12.2. The van der Waals surface area contributed by atoms with E-state index >= 15 is 0 Å². The van der Waals surface area contributed by atoms with E-state index in [-0.39, 0.29) is 6.04 Å². The first-order chi connectivity index (χ1) is 9.08. The van der Waals surface area contributed by atoms with Crippen LogP contribution < -0.4 is 10.1 Å². The Morgan fingerprint density at radius 3 is 2.84 bits per heavy atom. The van der Waals surface area contributed by atoms with Crippen LogP contribution in [0.4, 0.5) is 5.82 Å². The van der Waals surface area contributed by atoms with Crippen LogP contribution in [0.5, 0.6) is 5.88 Å². The number of rotatable bonds is 5. The Morgan fingerprint density at radius 2 is 2.21 bits per heavy atom. The summed E-state index contributed by atoms with van der Waals surface area (Å²) in [5.41, 5.74) is 0. The summed E-state index contributed by atoms with van der Waals surface area (Å²) in [6.45, 7) is 6.44. The predicted octanol–water partition coefficient (Wildman–Crippen LogP) is 4.07. The van der Waals surface area contributed by atoms with Crippen molar-refractivity contribution in [2.45, 2.75) is 26.8 Å². The number of hydrogen-bond donors (Lipinski definition) is 1. The molecule has 0 radical (unpaired) electrons. The highest BCUT2D eigenvalue weighted by molar-refractivity contribution is 7.16. The molecular weight excluding hydrogens is 282 g/mol. The fourth-order valence-electron chi connectivity index (χ4n) is 1.69. The van der Waals surface area contributed by atoms with E-state index in [0.717, 1.165) is 10.2 Å². The molecule has 0 aliphatic carbocycles. The number of halogens is 1. The van der Waals surface area contributed by atoms with Gasteiger partial charge in [0.2, 0.25) is 5.88 Å². The van der Waals surface area contributed by atoms with Crippen molar-refractivity contribution in [1.29, 1.82) is 0 Å². The van der Waals surface area contributed by atoms with Crippen LogP contribution in [0.1, 0.15) is 30.6 Å². The molecule has 2 heterocycles. The number of nitrogens with zero attached hydrogens (tertiary/aromatic N) is 2. The molecule has 0 amide bonds. The Morgan fingerprint density at radius 1 is 1.42 bits per heavy atom. The second kappa shape index (κ2) is 6.21. The van der Waals surface area contributed by atoms with E-state index in [4.69, 9.17) is 16.3 Å². The summed E-state index contributed by atoms with van der Waals surface area (Å²) >= 11 is 7.51. The minimum Gasteiger partial charge on any atom is -0.478 e. The average Bonchev–Trinajstić information content (AvgIpc) is 2.75. The van der Waals surface area contributed by atoms with Gasteiger partial charge in [0.05, 0.1) is 17.0 Å². The second-order valence-corrected chi connectivity index (χ2v) is 5.83. The minimum absolute atomic E-state index is 0.140. The van der Waals surface area contributed by atoms with Gasteiger partial charge in [-0.15, -0.1) is 11.3 Å². The molecule has 2 aromatic heterocycles. The molecule has 102 valence electrons. The lowest BCUT2D eigenvalue weighted by Gasteiger charge is -2.14. The topological polar surface area (TPSA) is 47.0 Å². The smallest absolute Gasteiger partial charge is 0.218 e. The monoisotopic (exact) mass is 297 g/mol. The summed E-state index contributed by atoms with van der Waals surface area (Å²) in [5.74, 6) is 2.03. The van der Waals surface area contributed by atoms with Gasteiger partial charge in [0.1, 0.15) is 11.6 Å². The zero-order valence-electron chi connectivity index (χ0n) is 11.1. The van der Waals surface area contributed by atoms with Gasteiger partial charge in [0.15, 0.2) is 0 Å². The summed E-state index contributed by atoms with van der Waals surface area (Å²) in [7, 11) is 0. The Labute approximate surface area is 121 Å². The molecule has 0 aliphatic heterocycles. The summed E-state index contributed by atoms with van der Waals surface area (Å²) < 4.78 is 6.20. The highest BCUT2D eigenvalue weighted by Crippen LogP contribution is 2.29. The van der Waals surface area contributed by atoms with E-state index in [0.29, 0.717) is 18.3 Å². The van der Waals surface area contributed by atoms with Gasteiger partial charge in [-0.2, -0.15) is 4.98 Å². The van der Waals surface area contributed by atoms with Crippen LogP contribution in [0.2, 0.25) is 4.34 Å². The first kappa shape index (κ1) is 14.1. The first-order valence-electron chi connectivity index (χ1n) is 6.08. The van der Waals surface area contributed by atoms with E-state index in [9.17, 15) is 0 Å². The lowest BCUT2D eigenvalue weighted by Crippen LogP contribution is -2.08. The Bertz CT molecular complexity index is 559. The molecule has 0 fully saturated rings. The van der Waals surface area contributed by atoms with Crippen LogP contribution in [-0.2, 0) is 0 Å². The van der Waals surface area contributed by atoms with E-state index in [2.05, 4.69) is 22.2 Å². The summed E-state index contributed by atoms with van der Waals surface area (Å²) in [6, 6.07) is 5.86. The molecule has 1 unspecified atom stereocenters. The van der Waals surface area contributed by atoms with E-state index in [1.54, 1.807) is 11.3 Å². The third-order valence-corrected chi connectivity index (χ3v) is 3.91. The fraction of sp³-hybridized carbons (Fsp3) is 0.385. The lowest BCUT2D eigenvalue weighted by molar-refractivity contribution is 0.325. The molecule has 0 aliphatic rings. The van der Waals surface area contributed by atoms with Crippen LogP contribution in [0.25, 0.3) is 0 Å². The zero-order valence-corrected chi connectivity index (χ0v) is 12.7. The van der Waals surface area contributed by atoms with Gasteiger partial charge >= 0.3 is 0 Å². The number of hydrogen-bond acceptors (Lipinski definition) is 5. The molecule has 1 N–H and O–H groups in total. The van der Waals surface area contributed by atoms with Gasteiger partial charge in [-0.3, -0.25) is 0 Å². The van der Waals surface area contributed by atoms with Crippen LogP contribution >= 0.6 is 22.9 Å². The van der Waals surface area contributed by atoms with Gasteiger partial charge in [-0.05, 0) is 32.9 Å². The maximum absolute atomic E-state index is 5.94. The molecule has 4 nitrogen and oxygen atoms in total. The van der Waals surface area contributed by atoms with Gasteiger partial charge in [0.25, 0.3) is 0 Å².